The predicted octanol–water partition coefficient (Wildman–Crippen LogP) is 3.36. The average Bonchev–Trinajstić information content (AvgIpc) is 3.28. The van der Waals surface area contributed by atoms with E-state index in [1.165, 1.54) is 14.8 Å². The fraction of sp³-hybridized carbons (Fsp3) is 0.556. The molecule has 142 valence electrons. The van der Waals surface area contributed by atoms with Crippen LogP contribution in [-0.4, -0.2) is 60.5 Å². The van der Waals surface area contributed by atoms with Crippen LogP contribution >= 0.6 is 34.3 Å². The smallest absolute Gasteiger partial charge is 0.193 e. The van der Waals surface area contributed by atoms with Gasteiger partial charge in [0.15, 0.2) is 5.96 Å². The summed E-state index contributed by atoms with van der Waals surface area (Å²) in [6.07, 6.45) is 4.01. The van der Waals surface area contributed by atoms with Crippen LogP contribution in [0.5, 0.6) is 0 Å². The van der Waals surface area contributed by atoms with Crippen LogP contribution in [0, 0.1) is 0 Å². The van der Waals surface area contributed by atoms with Gasteiger partial charge < -0.3 is 10.2 Å². The second kappa shape index (κ2) is 9.69. The van der Waals surface area contributed by atoms with E-state index in [2.05, 4.69) is 38.1 Å². The number of rotatable bonds is 6. The molecule has 2 aromatic rings. The molecule has 2 aromatic heterocycles. The summed E-state index contributed by atoms with van der Waals surface area (Å²) in [5, 5.41) is 4.69. The summed E-state index contributed by atoms with van der Waals surface area (Å²) in [6.45, 7) is 8.11. The van der Waals surface area contributed by atoms with Crippen molar-refractivity contribution < 1.29 is 0 Å². The minimum absolute atomic E-state index is 0.870. The Bertz CT molecular complexity index is 719. The van der Waals surface area contributed by atoms with Crippen LogP contribution in [0.15, 0.2) is 23.3 Å². The minimum Gasteiger partial charge on any atom is -0.356 e. The SMILES string of the molecule is CCc1cnc(CCNC(=NC)N2CCN(Cc3ccc(Cl)s3)CC2)s1. The fourth-order valence-corrected chi connectivity index (χ4v) is 5.01. The molecule has 3 rings (SSSR count). The quantitative estimate of drug-likeness (QED) is 0.584. The van der Waals surface area contributed by atoms with Gasteiger partial charge in [-0.05, 0) is 18.6 Å². The highest BCUT2D eigenvalue weighted by Gasteiger charge is 2.20. The third-order valence-electron chi connectivity index (χ3n) is 4.46. The Morgan fingerprint density at radius 1 is 1.23 bits per heavy atom. The Morgan fingerprint density at radius 3 is 2.65 bits per heavy atom. The summed E-state index contributed by atoms with van der Waals surface area (Å²) in [5.74, 6) is 0.996. The molecule has 1 aliphatic heterocycles. The minimum atomic E-state index is 0.870. The lowest BCUT2D eigenvalue weighted by Crippen LogP contribution is -2.52. The van der Waals surface area contributed by atoms with Gasteiger partial charge in [-0.15, -0.1) is 22.7 Å². The number of halogens is 1. The number of nitrogens with one attached hydrogen (secondary N) is 1. The standard InChI is InChI=1S/C18H26ClN5S2/c1-3-14-12-22-17(26-14)6-7-21-18(20-2)24-10-8-23(9-11-24)13-15-4-5-16(19)25-15/h4-5,12H,3,6-11,13H2,1-2H3,(H,20,21). The first kappa shape index (κ1) is 19.6. The van der Waals surface area contributed by atoms with Crippen molar-refractivity contribution in [3.05, 3.63) is 37.4 Å². The van der Waals surface area contributed by atoms with Gasteiger partial charge in [0.05, 0.1) is 9.34 Å². The number of aromatic nitrogens is 1. The van der Waals surface area contributed by atoms with Crippen molar-refractivity contribution in [3.63, 3.8) is 0 Å². The molecule has 0 radical (unpaired) electrons. The molecule has 3 heterocycles. The highest BCUT2D eigenvalue weighted by Crippen LogP contribution is 2.23. The third-order valence-corrected chi connectivity index (χ3v) is 6.88. The van der Waals surface area contributed by atoms with E-state index in [-0.39, 0.29) is 0 Å². The summed E-state index contributed by atoms with van der Waals surface area (Å²) in [4.78, 5) is 16.5. The molecule has 1 N–H and O–H groups in total. The molecule has 0 unspecified atom stereocenters. The lowest BCUT2D eigenvalue weighted by Gasteiger charge is -2.36. The maximum Gasteiger partial charge on any atom is 0.193 e. The maximum absolute atomic E-state index is 6.03. The summed E-state index contributed by atoms with van der Waals surface area (Å²) in [6, 6.07) is 4.11. The van der Waals surface area contributed by atoms with Crippen molar-refractivity contribution in [2.75, 3.05) is 39.8 Å². The number of guanidine groups is 1. The van der Waals surface area contributed by atoms with Crippen LogP contribution in [0.4, 0.5) is 0 Å². The number of nitrogens with zero attached hydrogens (tertiary/aromatic N) is 4. The Hall–Kier alpha value is -1.15. The highest BCUT2D eigenvalue weighted by molar-refractivity contribution is 7.16. The van der Waals surface area contributed by atoms with Crippen LogP contribution in [0.2, 0.25) is 4.34 Å². The lowest BCUT2D eigenvalue weighted by molar-refractivity contribution is 0.174. The van der Waals surface area contributed by atoms with E-state index >= 15 is 0 Å². The number of hydrogen-bond donors (Lipinski definition) is 1. The molecule has 0 aromatic carbocycles. The van der Waals surface area contributed by atoms with Gasteiger partial charge in [-0.3, -0.25) is 9.89 Å². The van der Waals surface area contributed by atoms with Gasteiger partial charge in [0.1, 0.15) is 0 Å². The van der Waals surface area contributed by atoms with Gasteiger partial charge in [0.2, 0.25) is 0 Å². The molecular weight excluding hydrogens is 386 g/mol. The summed E-state index contributed by atoms with van der Waals surface area (Å²) in [5.41, 5.74) is 0. The molecule has 1 saturated heterocycles. The summed E-state index contributed by atoms with van der Waals surface area (Å²) in [7, 11) is 1.86. The molecule has 0 amide bonds. The number of hydrogen-bond acceptors (Lipinski definition) is 5. The van der Waals surface area contributed by atoms with Crippen molar-refractivity contribution in [2.45, 2.75) is 26.3 Å². The zero-order valence-corrected chi connectivity index (χ0v) is 17.8. The van der Waals surface area contributed by atoms with Crippen LogP contribution in [0.3, 0.4) is 0 Å². The lowest BCUT2D eigenvalue weighted by atomic mass is 10.3. The number of piperazine rings is 1. The zero-order valence-electron chi connectivity index (χ0n) is 15.4. The average molecular weight is 412 g/mol. The topological polar surface area (TPSA) is 43.8 Å². The zero-order chi connectivity index (χ0) is 18.4. The van der Waals surface area contributed by atoms with Crippen LogP contribution in [0.25, 0.3) is 0 Å². The maximum atomic E-state index is 6.03. The van der Waals surface area contributed by atoms with E-state index in [9.17, 15) is 0 Å². The van der Waals surface area contributed by atoms with Gasteiger partial charge in [-0.1, -0.05) is 18.5 Å². The fourth-order valence-electron chi connectivity index (χ4n) is 3.02. The number of aliphatic imine (C=N–C) groups is 1. The van der Waals surface area contributed by atoms with Crippen molar-refractivity contribution in [3.8, 4) is 0 Å². The summed E-state index contributed by atoms with van der Waals surface area (Å²) >= 11 is 9.51. The second-order valence-electron chi connectivity index (χ2n) is 6.27. The normalized spacial score (nSPS) is 16.3. The van der Waals surface area contributed by atoms with Crippen LogP contribution in [0.1, 0.15) is 21.7 Å². The molecule has 0 aliphatic carbocycles. The molecular formula is C18H26ClN5S2. The van der Waals surface area contributed by atoms with E-state index in [0.717, 1.165) is 62.4 Å². The van der Waals surface area contributed by atoms with Crippen molar-refractivity contribution in [1.29, 1.82) is 0 Å². The molecule has 26 heavy (non-hydrogen) atoms. The molecule has 1 fully saturated rings. The first-order chi connectivity index (χ1) is 12.7. The Kier molecular flexibility index (Phi) is 7.31. The van der Waals surface area contributed by atoms with Gasteiger partial charge in [-0.25, -0.2) is 4.98 Å². The number of thiazole rings is 1. The highest BCUT2D eigenvalue weighted by atomic mass is 35.5. The Morgan fingerprint density at radius 2 is 2.04 bits per heavy atom. The molecule has 1 aliphatic rings. The van der Waals surface area contributed by atoms with Crippen LogP contribution in [-0.2, 0) is 19.4 Å². The Labute approximate surface area is 168 Å². The van der Waals surface area contributed by atoms with Crippen molar-refractivity contribution in [1.82, 2.24) is 20.1 Å². The first-order valence-corrected chi connectivity index (χ1v) is 11.0. The van der Waals surface area contributed by atoms with E-state index in [1.54, 1.807) is 11.3 Å². The van der Waals surface area contributed by atoms with Crippen molar-refractivity contribution in [2.24, 2.45) is 4.99 Å². The number of aryl methyl sites for hydroxylation is 1. The molecule has 5 nitrogen and oxygen atoms in total. The summed E-state index contributed by atoms with van der Waals surface area (Å²) < 4.78 is 0.870. The van der Waals surface area contributed by atoms with Crippen LogP contribution < -0.4 is 5.32 Å². The molecule has 0 bridgehead atoms. The molecule has 0 spiro atoms. The Balaban J connectivity index is 1.41. The van der Waals surface area contributed by atoms with E-state index in [0.29, 0.717) is 0 Å². The van der Waals surface area contributed by atoms with Gasteiger partial charge in [0, 0.05) is 68.7 Å². The molecule has 8 heteroatoms. The molecule has 0 saturated carbocycles. The largest absolute Gasteiger partial charge is 0.356 e. The molecule has 0 atom stereocenters. The van der Waals surface area contributed by atoms with E-state index < -0.39 is 0 Å². The van der Waals surface area contributed by atoms with E-state index in [4.69, 9.17) is 11.6 Å². The van der Waals surface area contributed by atoms with Gasteiger partial charge in [-0.2, -0.15) is 0 Å². The second-order valence-corrected chi connectivity index (χ2v) is 9.27. The van der Waals surface area contributed by atoms with Gasteiger partial charge in [0.25, 0.3) is 0 Å². The van der Waals surface area contributed by atoms with Crippen molar-refractivity contribution >= 4 is 40.2 Å². The van der Waals surface area contributed by atoms with Gasteiger partial charge >= 0.3 is 0 Å². The third kappa shape index (κ3) is 5.42. The number of thiophene rings is 1. The predicted molar refractivity (Wildman–Crippen MR) is 113 cm³/mol. The van der Waals surface area contributed by atoms with E-state index in [1.807, 2.05) is 30.6 Å². The first-order valence-electron chi connectivity index (χ1n) is 9.03. The monoisotopic (exact) mass is 411 g/mol.